The molecule has 0 aliphatic carbocycles. The summed E-state index contributed by atoms with van der Waals surface area (Å²) >= 11 is 13.7. The predicted molar refractivity (Wildman–Crippen MR) is 99.9 cm³/mol. The van der Waals surface area contributed by atoms with Crippen LogP contribution in [0.3, 0.4) is 0 Å². The zero-order valence-corrected chi connectivity index (χ0v) is 15.0. The van der Waals surface area contributed by atoms with Crippen LogP contribution in [-0.4, -0.2) is 10.1 Å². The summed E-state index contributed by atoms with van der Waals surface area (Å²) in [6.07, 6.45) is 3.39. The maximum atomic E-state index is 10.3. The van der Waals surface area contributed by atoms with Crippen molar-refractivity contribution >= 4 is 35.0 Å². The van der Waals surface area contributed by atoms with Crippen molar-refractivity contribution in [2.45, 2.75) is 22.3 Å². The molecule has 0 spiro atoms. The summed E-state index contributed by atoms with van der Waals surface area (Å²) in [5, 5.41) is 11.5. The van der Waals surface area contributed by atoms with Crippen molar-refractivity contribution in [2.75, 3.05) is 0 Å². The van der Waals surface area contributed by atoms with Gasteiger partial charge < -0.3 is 5.11 Å². The SMILES string of the molecule is OC(Cc1ccc(Sc2ccc(Cl)cc2Cl)cc1)c1cccnc1. The van der Waals surface area contributed by atoms with Gasteiger partial charge in [0.25, 0.3) is 0 Å². The van der Waals surface area contributed by atoms with Gasteiger partial charge >= 0.3 is 0 Å². The molecule has 0 aliphatic heterocycles. The zero-order chi connectivity index (χ0) is 16.9. The molecule has 122 valence electrons. The predicted octanol–water partition coefficient (Wildman–Crippen LogP) is 5.82. The molecule has 0 bridgehead atoms. The third-order valence-electron chi connectivity index (χ3n) is 3.54. The van der Waals surface area contributed by atoms with E-state index in [1.54, 1.807) is 30.2 Å². The molecule has 0 fully saturated rings. The fraction of sp³-hybridized carbons (Fsp3) is 0.105. The minimum absolute atomic E-state index is 0.553. The topological polar surface area (TPSA) is 33.1 Å². The van der Waals surface area contributed by atoms with Gasteiger partial charge in [0, 0.05) is 33.6 Å². The molecule has 1 unspecified atom stereocenters. The molecule has 1 heterocycles. The van der Waals surface area contributed by atoms with E-state index in [4.69, 9.17) is 23.2 Å². The lowest BCUT2D eigenvalue weighted by molar-refractivity contribution is 0.178. The molecule has 24 heavy (non-hydrogen) atoms. The number of benzene rings is 2. The average molecular weight is 376 g/mol. The molecule has 1 N–H and O–H groups in total. The number of hydrogen-bond donors (Lipinski definition) is 1. The van der Waals surface area contributed by atoms with Crippen LogP contribution in [0.15, 0.2) is 76.8 Å². The quantitative estimate of drug-likeness (QED) is 0.610. The molecule has 0 amide bonds. The van der Waals surface area contributed by atoms with Crippen LogP contribution in [0.1, 0.15) is 17.2 Å². The Balaban J connectivity index is 1.67. The summed E-state index contributed by atoms with van der Waals surface area (Å²) in [6.45, 7) is 0. The largest absolute Gasteiger partial charge is 0.388 e. The number of rotatable bonds is 5. The Labute approximate surface area is 155 Å². The van der Waals surface area contributed by atoms with Crippen molar-refractivity contribution in [3.63, 3.8) is 0 Å². The van der Waals surface area contributed by atoms with Crippen molar-refractivity contribution in [3.05, 3.63) is 88.2 Å². The van der Waals surface area contributed by atoms with Crippen LogP contribution < -0.4 is 0 Å². The van der Waals surface area contributed by atoms with Gasteiger partial charge in [-0.15, -0.1) is 0 Å². The monoisotopic (exact) mass is 375 g/mol. The van der Waals surface area contributed by atoms with Gasteiger partial charge in [0.2, 0.25) is 0 Å². The van der Waals surface area contributed by atoms with E-state index < -0.39 is 6.10 Å². The zero-order valence-electron chi connectivity index (χ0n) is 12.7. The molecule has 0 saturated heterocycles. The van der Waals surface area contributed by atoms with Crippen molar-refractivity contribution in [3.8, 4) is 0 Å². The number of aliphatic hydroxyl groups excluding tert-OH is 1. The number of aromatic nitrogens is 1. The lowest BCUT2D eigenvalue weighted by Crippen LogP contribution is -2.01. The Hall–Kier alpha value is -1.52. The highest BCUT2D eigenvalue weighted by Crippen LogP contribution is 2.35. The van der Waals surface area contributed by atoms with Gasteiger partial charge in [-0.2, -0.15) is 0 Å². The fourth-order valence-electron chi connectivity index (χ4n) is 2.29. The molecule has 1 atom stereocenters. The van der Waals surface area contributed by atoms with Crippen molar-refractivity contribution < 1.29 is 5.11 Å². The van der Waals surface area contributed by atoms with Gasteiger partial charge in [0.05, 0.1) is 11.1 Å². The molecule has 1 aromatic heterocycles. The van der Waals surface area contributed by atoms with Crippen LogP contribution in [0.5, 0.6) is 0 Å². The normalized spacial score (nSPS) is 12.1. The number of pyridine rings is 1. The lowest BCUT2D eigenvalue weighted by atomic mass is 10.0. The Morgan fingerprint density at radius 3 is 2.50 bits per heavy atom. The second-order valence-corrected chi connectivity index (χ2v) is 7.29. The van der Waals surface area contributed by atoms with Crippen LogP contribution in [0.4, 0.5) is 0 Å². The van der Waals surface area contributed by atoms with E-state index in [2.05, 4.69) is 4.98 Å². The highest BCUT2D eigenvalue weighted by molar-refractivity contribution is 7.99. The third kappa shape index (κ3) is 4.52. The first-order valence-corrected chi connectivity index (χ1v) is 8.99. The Kier molecular flexibility index (Phi) is 5.80. The molecular formula is C19H15Cl2NOS. The van der Waals surface area contributed by atoms with Gasteiger partial charge in [0.1, 0.15) is 0 Å². The number of aliphatic hydroxyl groups is 1. The maximum Gasteiger partial charge on any atom is 0.0845 e. The highest BCUT2D eigenvalue weighted by atomic mass is 35.5. The van der Waals surface area contributed by atoms with E-state index in [0.717, 1.165) is 20.9 Å². The van der Waals surface area contributed by atoms with E-state index in [-0.39, 0.29) is 0 Å². The smallest absolute Gasteiger partial charge is 0.0845 e. The number of nitrogens with zero attached hydrogens (tertiary/aromatic N) is 1. The summed E-state index contributed by atoms with van der Waals surface area (Å²) in [5.74, 6) is 0. The summed E-state index contributed by atoms with van der Waals surface area (Å²) in [6, 6.07) is 17.3. The molecule has 5 heteroatoms. The van der Waals surface area contributed by atoms with Crippen LogP contribution in [0, 0.1) is 0 Å². The van der Waals surface area contributed by atoms with Gasteiger partial charge in [-0.3, -0.25) is 4.98 Å². The second kappa shape index (κ2) is 8.04. The van der Waals surface area contributed by atoms with Crippen molar-refractivity contribution in [1.29, 1.82) is 0 Å². The standard InChI is InChI=1S/C19H15Cl2NOS/c20-15-5-8-19(17(21)11-15)24-16-6-3-13(4-7-16)10-18(23)14-2-1-9-22-12-14/h1-9,11-12,18,23H,10H2. The van der Waals surface area contributed by atoms with Crippen LogP contribution in [0.25, 0.3) is 0 Å². The first-order chi connectivity index (χ1) is 11.6. The van der Waals surface area contributed by atoms with Gasteiger partial charge in [-0.05, 0) is 47.5 Å². The molecule has 2 aromatic carbocycles. The van der Waals surface area contributed by atoms with Crippen molar-refractivity contribution in [2.24, 2.45) is 0 Å². The number of halogens is 2. The second-order valence-electron chi connectivity index (χ2n) is 5.33. The molecule has 0 radical (unpaired) electrons. The van der Waals surface area contributed by atoms with E-state index in [1.165, 1.54) is 0 Å². The minimum Gasteiger partial charge on any atom is -0.388 e. The number of hydrogen-bond acceptors (Lipinski definition) is 3. The summed E-state index contributed by atoms with van der Waals surface area (Å²) in [4.78, 5) is 6.08. The fourth-order valence-corrected chi connectivity index (χ4v) is 3.64. The summed E-state index contributed by atoms with van der Waals surface area (Å²) in [5.41, 5.74) is 1.89. The minimum atomic E-state index is -0.553. The molecule has 3 rings (SSSR count). The van der Waals surface area contributed by atoms with E-state index >= 15 is 0 Å². The molecule has 0 aliphatic rings. The van der Waals surface area contributed by atoms with Crippen LogP contribution in [0.2, 0.25) is 10.0 Å². The van der Waals surface area contributed by atoms with E-state index in [9.17, 15) is 5.11 Å². The Bertz CT molecular complexity index is 809. The Morgan fingerprint density at radius 2 is 1.83 bits per heavy atom. The molecule has 2 nitrogen and oxygen atoms in total. The highest BCUT2D eigenvalue weighted by Gasteiger charge is 2.09. The van der Waals surface area contributed by atoms with E-state index in [0.29, 0.717) is 16.5 Å². The average Bonchev–Trinajstić information content (AvgIpc) is 2.60. The van der Waals surface area contributed by atoms with Crippen LogP contribution in [-0.2, 0) is 6.42 Å². The van der Waals surface area contributed by atoms with Gasteiger partial charge in [-0.1, -0.05) is 53.2 Å². The van der Waals surface area contributed by atoms with Crippen LogP contribution >= 0.6 is 35.0 Å². The molecule has 3 aromatic rings. The first-order valence-electron chi connectivity index (χ1n) is 7.41. The van der Waals surface area contributed by atoms with E-state index in [1.807, 2.05) is 48.5 Å². The maximum absolute atomic E-state index is 10.3. The van der Waals surface area contributed by atoms with Gasteiger partial charge in [0.15, 0.2) is 0 Å². The van der Waals surface area contributed by atoms with Gasteiger partial charge in [-0.25, -0.2) is 0 Å². The summed E-state index contributed by atoms with van der Waals surface area (Å²) in [7, 11) is 0. The molecule has 0 saturated carbocycles. The first kappa shape index (κ1) is 17.3. The summed E-state index contributed by atoms with van der Waals surface area (Å²) < 4.78 is 0. The lowest BCUT2D eigenvalue weighted by Gasteiger charge is -2.11. The van der Waals surface area contributed by atoms with Crippen molar-refractivity contribution in [1.82, 2.24) is 4.98 Å². The molecular weight excluding hydrogens is 361 g/mol. The third-order valence-corrected chi connectivity index (χ3v) is 5.29. The Morgan fingerprint density at radius 1 is 1.04 bits per heavy atom.